The fourth-order valence-corrected chi connectivity index (χ4v) is 3.89. The smallest absolute Gasteiger partial charge is 0.406 e. The lowest BCUT2D eigenvalue weighted by atomic mass is 9.94. The summed E-state index contributed by atoms with van der Waals surface area (Å²) in [5.74, 6) is -0.482. The molecule has 1 saturated heterocycles. The topological polar surface area (TPSA) is 53.0 Å². The predicted octanol–water partition coefficient (Wildman–Crippen LogP) is 5.27. The normalized spacial score (nSPS) is 21.5. The van der Waals surface area contributed by atoms with E-state index >= 15 is 0 Å². The van der Waals surface area contributed by atoms with Crippen LogP contribution in [0.2, 0.25) is 0 Å². The molecule has 8 heteroatoms. The van der Waals surface area contributed by atoms with Crippen molar-refractivity contribution in [3.05, 3.63) is 90.5 Å². The molecule has 0 bridgehead atoms. The Balaban J connectivity index is 1.86. The van der Waals surface area contributed by atoms with E-state index in [1.165, 1.54) is 21.9 Å². The average molecular weight is 428 g/mol. The first-order chi connectivity index (χ1) is 14.7. The van der Waals surface area contributed by atoms with Crippen LogP contribution in [0.4, 0.5) is 29.3 Å². The highest BCUT2D eigenvalue weighted by Crippen LogP contribution is 2.45. The summed E-state index contributed by atoms with van der Waals surface area (Å²) in [6.07, 6.45) is -4.88. The molecule has 0 saturated carbocycles. The van der Waals surface area contributed by atoms with Crippen LogP contribution in [0.25, 0.3) is 0 Å². The Kier molecular flexibility index (Phi) is 5.10. The molecule has 1 unspecified atom stereocenters. The second-order valence-electron chi connectivity index (χ2n) is 7.14. The molecule has 1 N–H and O–H groups in total. The summed E-state index contributed by atoms with van der Waals surface area (Å²) < 4.78 is 42.3. The van der Waals surface area contributed by atoms with Crippen LogP contribution in [0.3, 0.4) is 0 Å². The predicted molar refractivity (Wildman–Crippen MR) is 110 cm³/mol. The van der Waals surface area contributed by atoms with Gasteiger partial charge in [-0.3, -0.25) is 9.80 Å². The summed E-state index contributed by atoms with van der Waals surface area (Å²) in [5, 5.41) is 11.9. The number of hydrogen-bond acceptors (Lipinski definition) is 3. The summed E-state index contributed by atoms with van der Waals surface area (Å²) in [5.41, 5.74) is -0.904. The van der Waals surface area contributed by atoms with Gasteiger partial charge < -0.3 is 9.84 Å². The summed E-state index contributed by atoms with van der Waals surface area (Å²) in [4.78, 5) is 16.1. The molecule has 4 rings (SSSR count). The lowest BCUT2D eigenvalue weighted by molar-refractivity contribution is -0.274. The van der Waals surface area contributed by atoms with Crippen molar-refractivity contribution in [2.45, 2.75) is 25.1 Å². The zero-order valence-electron chi connectivity index (χ0n) is 16.5. The van der Waals surface area contributed by atoms with Crippen LogP contribution in [0.15, 0.2) is 84.9 Å². The highest BCUT2D eigenvalue weighted by Gasteiger charge is 2.57. The lowest BCUT2D eigenvalue weighted by Gasteiger charge is -2.35. The van der Waals surface area contributed by atoms with E-state index in [-0.39, 0.29) is 5.56 Å². The van der Waals surface area contributed by atoms with Crippen molar-refractivity contribution < 1.29 is 27.8 Å². The fourth-order valence-electron chi connectivity index (χ4n) is 3.89. The van der Waals surface area contributed by atoms with Crippen molar-refractivity contribution in [3.8, 4) is 5.75 Å². The average Bonchev–Trinajstić information content (AvgIpc) is 2.94. The standard InChI is InChI=1S/C23H19F3N2O3/c1-16-22(30,17-9-8-14-20(15-17)31-23(24,25)26)28(19-12-6-3-7-13-19)21(29)27(16)18-10-4-2-5-11-18/h2-16,30H,1H3/t16-,22?/m1/s1. The van der Waals surface area contributed by atoms with Gasteiger partial charge in [-0.15, -0.1) is 13.2 Å². The molecule has 2 amide bonds. The highest BCUT2D eigenvalue weighted by molar-refractivity contribution is 6.08. The van der Waals surface area contributed by atoms with Gasteiger partial charge in [-0.05, 0) is 43.3 Å². The Morgan fingerprint density at radius 1 is 0.903 bits per heavy atom. The van der Waals surface area contributed by atoms with Gasteiger partial charge in [-0.25, -0.2) is 4.79 Å². The van der Waals surface area contributed by atoms with E-state index in [1.807, 2.05) is 0 Å². The molecule has 2 atom stereocenters. The maximum absolute atomic E-state index is 13.5. The lowest BCUT2D eigenvalue weighted by Crippen LogP contribution is -2.48. The molecule has 1 aliphatic rings. The van der Waals surface area contributed by atoms with Gasteiger partial charge in [0.15, 0.2) is 5.72 Å². The van der Waals surface area contributed by atoms with Crippen molar-refractivity contribution in [3.63, 3.8) is 0 Å². The number of amides is 2. The number of aliphatic hydroxyl groups is 1. The minimum atomic E-state index is -4.88. The molecule has 0 spiro atoms. The number of halogens is 3. The van der Waals surface area contributed by atoms with Crippen LogP contribution in [0.5, 0.6) is 5.75 Å². The number of anilines is 2. The first-order valence-corrected chi connectivity index (χ1v) is 9.54. The Labute approximate surface area is 176 Å². The second kappa shape index (κ2) is 7.63. The molecule has 31 heavy (non-hydrogen) atoms. The van der Waals surface area contributed by atoms with Gasteiger partial charge in [-0.1, -0.05) is 48.5 Å². The van der Waals surface area contributed by atoms with Gasteiger partial charge in [0.05, 0.1) is 6.04 Å². The Hall–Kier alpha value is -3.52. The van der Waals surface area contributed by atoms with Crippen molar-refractivity contribution in [2.24, 2.45) is 0 Å². The highest BCUT2D eigenvalue weighted by atomic mass is 19.4. The van der Waals surface area contributed by atoms with E-state index in [1.54, 1.807) is 67.6 Å². The molecule has 3 aromatic carbocycles. The maximum Gasteiger partial charge on any atom is 0.573 e. The van der Waals surface area contributed by atoms with E-state index in [0.717, 1.165) is 12.1 Å². The van der Waals surface area contributed by atoms with Crippen LogP contribution < -0.4 is 14.5 Å². The number of alkyl halides is 3. The largest absolute Gasteiger partial charge is 0.573 e. The van der Waals surface area contributed by atoms with Gasteiger partial charge >= 0.3 is 12.4 Å². The number of para-hydroxylation sites is 2. The number of ether oxygens (including phenoxy) is 1. The van der Waals surface area contributed by atoms with E-state index in [0.29, 0.717) is 11.4 Å². The number of rotatable bonds is 4. The number of benzene rings is 3. The number of carbonyl (C=O) groups excluding carboxylic acids is 1. The van der Waals surface area contributed by atoms with Gasteiger partial charge in [0.2, 0.25) is 0 Å². The Morgan fingerprint density at radius 3 is 2.06 bits per heavy atom. The van der Waals surface area contributed by atoms with Gasteiger partial charge in [-0.2, -0.15) is 0 Å². The van der Waals surface area contributed by atoms with Crippen LogP contribution >= 0.6 is 0 Å². The minimum absolute atomic E-state index is 0.0948. The number of hydrogen-bond donors (Lipinski definition) is 1. The molecule has 5 nitrogen and oxygen atoms in total. The summed E-state index contributed by atoms with van der Waals surface area (Å²) >= 11 is 0. The third-order valence-corrected chi connectivity index (χ3v) is 5.25. The SMILES string of the molecule is C[C@H]1N(c2ccccc2)C(=O)N(c2ccccc2)C1(O)c1cccc(OC(F)(F)F)c1. The van der Waals surface area contributed by atoms with Crippen LogP contribution in [-0.2, 0) is 5.72 Å². The van der Waals surface area contributed by atoms with E-state index in [9.17, 15) is 23.1 Å². The van der Waals surface area contributed by atoms with Crippen molar-refractivity contribution in [2.75, 3.05) is 9.80 Å². The molecule has 1 heterocycles. The van der Waals surface area contributed by atoms with Crippen LogP contribution in [0.1, 0.15) is 12.5 Å². The zero-order chi connectivity index (χ0) is 22.2. The van der Waals surface area contributed by atoms with Gasteiger partial charge in [0.25, 0.3) is 0 Å². The van der Waals surface area contributed by atoms with Gasteiger partial charge in [0.1, 0.15) is 5.75 Å². The van der Waals surface area contributed by atoms with Crippen molar-refractivity contribution >= 4 is 17.4 Å². The molecule has 0 aliphatic carbocycles. The number of carbonyl (C=O) groups is 1. The quantitative estimate of drug-likeness (QED) is 0.616. The van der Waals surface area contributed by atoms with Crippen LogP contribution in [0, 0.1) is 0 Å². The van der Waals surface area contributed by atoms with Crippen LogP contribution in [-0.4, -0.2) is 23.5 Å². The minimum Gasteiger partial charge on any atom is -0.406 e. The zero-order valence-corrected chi connectivity index (χ0v) is 16.5. The molecular weight excluding hydrogens is 409 g/mol. The van der Waals surface area contributed by atoms with Gasteiger partial charge in [0, 0.05) is 16.9 Å². The molecule has 3 aromatic rings. The molecular formula is C23H19F3N2O3. The molecule has 1 fully saturated rings. The first kappa shape index (κ1) is 20.7. The van der Waals surface area contributed by atoms with Crippen molar-refractivity contribution in [1.82, 2.24) is 0 Å². The summed E-state index contributed by atoms with van der Waals surface area (Å²) in [6, 6.07) is 21.0. The van der Waals surface area contributed by atoms with E-state index in [2.05, 4.69) is 4.74 Å². The maximum atomic E-state index is 13.5. The second-order valence-corrected chi connectivity index (χ2v) is 7.14. The molecule has 0 aromatic heterocycles. The summed E-state index contributed by atoms with van der Waals surface area (Å²) in [7, 11) is 0. The molecule has 0 radical (unpaired) electrons. The number of nitrogens with zero attached hydrogens (tertiary/aromatic N) is 2. The van der Waals surface area contributed by atoms with E-state index in [4.69, 9.17) is 0 Å². The third kappa shape index (κ3) is 3.70. The summed E-state index contributed by atoms with van der Waals surface area (Å²) in [6.45, 7) is 1.64. The van der Waals surface area contributed by atoms with E-state index < -0.39 is 29.9 Å². The Morgan fingerprint density at radius 2 is 1.48 bits per heavy atom. The van der Waals surface area contributed by atoms with Crippen molar-refractivity contribution in [1.29, 1.82) is 0 Å². The molecule has 1 aliphatic heterocycles. The third-order valence-electron chi connectivity index (χ3n) is 5.25. The monoisotopic (exact) mass is 428 g/mol. The molecule has 160 valence electrons. The fraction of sp³-hybridized carbons (Fsp3) is 0.174. The number of urea groups is 1. The Bertz CT molecular complexity index is 1080. The first-order valence-electron chi connectivity index (χ1n) is 9.54.